The minimum Gasteiger partial charge on any atom is -0.310 e. The van der Waals surface area contributed by atoms with Crippen LogP contribution in [-0.2, 0) is 0 Å². The summed E-state index contributed by atoms with van der Waals surface area (Å²) in [6.07, 6.45) is 1.77. The van der Waals surface area contributed by atoms with Crippen LogP contribution in [0.2, 0.25) is 0 Å². The standard InChI is InChI=1S/C13H14F2N2S/c1-3-16-8(2)12-7-17-13(18-12)9-4-5-10(14)11(15)6-9/h4-8,16H,3H2,1-2H3. The lowest BCUT2D eigenvalue weighted by atomic mass is 10.2. The van der Waals surface area contributed by atoms with Gasteiger partial charge in [-0.1, -0.05) is 6.92 Å². The van der Waals surface area contributed by atoms with E-state index in [0.29, 0.717) is 10.6 Å². The van der Waals surface area contributed by atoms with Crippen LogP contribution >= 0.6 is 11.3 Å². The molecule has 2 aromatic rings. The molecule has 96 valence electrons. The summed E-state index contributed by atoms with van der Waals surface area (Å²) in [5.74, 6) is -1.68. The van der Waals surface area contributed by atoms with Crippen molar-refractivity contribution in [3.8, 4) is 10.6 Å². The number of rotatable bonds is 4. The first-order chi connectivity index (χ1) is 8.61. The molecule has 0 saturated carbocycles. The van der Waals surface area contributed by atoms with Crippen molar-refractivity contribution in [1.82, 2.24) is 10.3 Å². The van der Waals surface area contributed by atoms with E-state index in [1.54, 1.807) is 12.3 Å². The second-order valence-corrected chi connectivity index (χ2v) is 5.04. The van der Waals surface area contributed by atoms with Gasteiger partial charge in [-0.25, -0.2) is 13.8 Å². The molecule has 2 nitrogen and oxygen atoms in total. The molecule has 0 aliphatic heterocycles. The SMILES string of the molecule is CCNC(C)c1cnc(-c2ccc(F)c(F)c2)s1. The van der Waals surface area contributed by atoms with Gasteiger partial charge < -0.3 is 5.32 Å². The van der Waals surface area contributed by atoms with Crippen molar-refractivity contribution in [2.24, 2.45) is 0 Å². The summed E-state index contributed by atoms with van der Waals surface area (Å²) in [6.45, 7) is 4.96. The van der Waals surface area contributed by atoms with Crippen molar-refractivity contribution in [2.75, 3.05) is 6.54 Å². The van der Waals surface area contributed by atoms with Crippen molar-refractivity contribution in [3.63, 3.8) is 0 Å². The van der Waals surface area contributed by atoms with Crippen LogP contribution in [0.25, 0.3) is 10.6 Å². The molecule has 1 N–H and O–H groups in total. The molecule has 18 heavy (non-hydrogen) atoms. The summed E-state index contributed by atoms with van der Waals surface area (Å²) in [5, 5.41) is 3.99. The number of benzene rings is 1. The number of hydrogen-bond donors (Lipinski definition) is 1. The Morgan fingerprint density at radius 2 is 2.11 bits per heavy atom. The molecule has 2 rings (SSSR count). The van der Waals surface area contributed by atoms with Crippen molar-refractivity contribution in [2.45, 2.75) is 19.9 Å². The third-order valence-electron chi connectivity index (χ3n) is 2.63. The number of halogens is 2. The second-order valence-electron chi connectivity index (χ2n) is 3.98. The van der Waals surface area contributed by atoms with Gasteiger partial charge in [0, 0.05) is 22.7 Å². The summed E-state index contributed by atoms with van der Waals surface area (Å²) >= 11 is 1.49. The molecule has 1 heterocycles. The maximum absolute atomic E-state index is 13.1. The normalized spacial score (nSPS) is 12.7. The van der Waals surface area contributed by atoms with Crippen LogP contribution in [0.5, 0.6) is 0 Å². The molecule has 1 aromatic heterocycles. The van der Waals surface area contributed by atoms with E-state index in [0.717, 1.165) is 17.5 Å². The van der Waals surface area contributed by atoms with E-state index in [1.165, 1.54) is 17.4 Å². The zero-order valence-electron chi connectivity index (χ0n) is 10.2. The Hall–Kier alpha value is -1.33. The van der Waals surface area contributed by atoms with Crippen LogP contribution in [0.4, 0.5) is 8.78 Å². The minimum atomic E-state index is -0.844. The molecule has 0 aliphatic carbocycles. The molecular formula is C13H14F2N2S. The topological polar surface area (TPSA) is 24.9 Å². The fraction of sp³-hybridized carbons (Fsp3) is 0.308. The van der Waals surface area contributed by atoms with E-state index in [9.17, 15) is 8.78 Å². The third-order valence-corrected chi connectivity index (χ3v) is 3.86. The number of thiazole rings is 1. The molecule has 0 bridgehead atoms. The number of hydrogen-bond acceptors (Lipinski definition) is 3. The lowest BCUT2D eigenvalue weighted by Crippen LogP contribution is -2.16. The van der Waals surface area contributed by atoms with E-state index in [4.69, 9.17) is 0 Å². The van der Waals surface area contributed by atoms with Gasteiger partial charge in [0.2, 0.25) is 0 Å². The maximum Gasteiger partial charge on any atom is 0.159 e. The molecule has 0 spiro atoms. The highest BCUT2D eigenvalue weighted by molar-refractivity contribution is 7.15. The van der Waals surface area contributed by atoms with E-state index < -0.39 is 11.6 Å². The first kappa shape index (κ1) is 13.1. The number of aromatic nitrogens is 1. The monoisotopic (exact) mass is 268 g/mol. The van der Waals surface area contributed by atoms with Gasteiger partial charge in [-0.3, -0.25) is 0 Å². The number of nitrogens with one attached hydrogen (secondary N) is 1. The third kappa shape index (κ3) is 2.73. The van der Waals surface area contributed by atoms with Crippen molar-refractivity contribution in [1.29, 1.82) is 0 Å². The zero-order valence-corrected chi connectivity index (χ0v) is 11.0. The van der Waals surface area contributed by atoms with Crippen LogP contribution in [0.3, 0.4) is 0 Å². The van der Waals surface area contributed by atoms with Gasteiger partial charge in [0.1, 0.15) is 5.01 Å². The minimum absolute atomic E-state index is 0.214. The Morgan fingerprint density at radius 3 is 2.78 bits per heavy atom. The molecule has 0 fully saturated rings. The first-order valence-electron chi connectivity index (χ1n) is 5.76. The van der Waals surface area contributed by atoms with Gasteiger partial charge in [-0.15, -0.1) is 11.3 Å². The van der Waals surface area contributed by atoms with E-state index in [-0.39, 0.29) is 6.04 Å². The Kier molecular flexibility index (Phi) is 4.04. The Morgan fingerprint density at radius 1 is 1.33 bits per heavy atom. The zero-order chi connectivity index (χ0) is 13.1. The smallest absolute Gasteiger partial charge is 0.159 e. The Bertz CT molecular complexity index is 540. The van der Waals surface area contributed by atoms with Crippen LogP contribution in [0, 0.1) is 11.6 Å². The quantitative estimate of drug-likeness (QED) is 0.913. The highest BCUT2D eigenvalue weighted by Crippen LogP contribution is 2.29. The van der Waals surface area contributed by atoms with Crippen LogP contribution in [-0.4, -0.2) is 11.5 Å². The second kappa shape index (κ2) is 5.54. The van der Waals surface area contributed by atoms with Crippen molar-refractivity contribution < 1.29 is 8.78 Å². The highest BCUT2D eigenvalue weighted by atomic mass is 32.1. The largest absolute Gasteiger partial charge is 0.310 e. The van der Waals surface area contributed by atoms with Gasteiger partial charge in [-0.05, 0) is 31.7 Å². The predicted octanol–water partition coefficient (Wildman–Crippen LogP) is 3.76. The summed E-state index contributed by atoms with van der Waals surface area (Å²) < 4.78 is 26.0. The van der Waals surface area contributed by atoms with E-state index in [2.05, 4.69) is 10.3 Å². The molecule has 1 unspecified atom stereocenters. The summed E-state index contributed by atoms with van der Waals surface area (Å²) in [5.41, 5.74) is 0.605. The lowest BCUT2D eigenvalue weighted by molar-refractivity contribution is 0.509. The predicted molar refractivity (Wildman–Crippen MR) is 69.6 cm³/mol. The Labute approximate surface area is 109 Å². The average Bonchev–Trinajstić information content (AvgIpc) is 2.82. The fourth-order valence-electron chi connectivity index (χ4n) is 1.66. The van der Waals surface area contributed by atoms with E-state index in [1.807, 2.05) is 13.8 Å². The van der Waals surface area contributed by atoms with Crippen molar-refractivity contribution >= 4 is 11.3 Å². The summed E-state index contributed by atoms with van der Waals surface area (Å²) in [6, 6.07) is 4.06. The fourth-order valence-corrected chi connectivity index (χ4v) is 2.60. The lowest BCUT2D eigenvalue weighted by Gasteiger charge is -2.08. The highest BCUT2D eigenvalue weighted by Gasteiger charge is 2.11. The average molecular weight is 268 g/mol. The maximum atomic E-state index is 13.1. The van der Waals surface area contributed by atoms with Crippen LogP contribution < -0.4 is 5.32 Å². The molecule has 0 aliphatic rings. The van der Waals surface area contributed by atoms with Gasteiger partial charge in [0.05, 0.1) is 0 Å². The number of nitrogens with zero attached hydrogens (tertiary/aromatic N) is 1. The summed E-state index contributed by atoms with van der Waals surface area (Å²) in [4.78, 5) is 5.33. The van der Waals surface area contributed by atoms with Crippen LogP contribution in [0.15, 0.2) is 24.4 Å². The molecule has 1 aromatic carbocycles. The molecule has 5 heteroatoms. The first-order valence-corrected chi connectivity index (χ1v) is 6.58. The molecule has 1 atom stereocenters. The van der Waals surface area contributed by atoms with Gasteiger partial charge in [0.15, 0.2) is 11.6 Å². The van der Waals surface area contributed by atoms with E-state index >= 15 is 0 Å². The summed E-state index contributed by atoms with van der Waals surface area (Å²) in [7, 11) is 0. The van der Waals surface area contributed by atoms with Crippen LogP contribution in [0.1, 0.15) is 24.8 Å². The van der Waals surface area contributed by atoms with Gasteiger partial charge >= 0.3 is 0 Å². The van der Waals surface area contributed by atoms with Crippen molar-refractivity contribution in [3.05, 3.63) is 40.9 Å². The molecule has 0 radical (unpaired) electrons. The Balaban J connectivity index is 2.26. The molecule has 0 amide bonds. The van der Waals surface area contributed by atoms with Gasteiger partial charge in [0.25, 0.3) is 0 Å². The van der Waals surface area contributed by atoms with Gasteiger partial charge in [-0.2, -0.15) is 0 Å². The molecular weight excluding hydrogens is 254 g/mol. The molecule has 0 saturated heterocycles.